The van der Waals surface area contributed by atoms with E-state index in [1.807, 2.05) is 25.7 Å². The summed E-state index contributed by atoms with van der Waals surface area (Å²) in [6, 6.07) is 10.3. The molecular weight excluding hydrogens is 598 g/mol. The Bertz CT molecular complexity index is 1710. The highest BCUT2D eigenvalue weighted by Gasteiger charge is 2.28. The number of fused-ring (bicyclic) bond motifs is 1. The number of ether oxygens (including phenoxy) is 2. The van der Waals surface area contributed by atoms with Gasteiger partial charge in [0.15, 0.2) is 11.6 Å². The number of hydrogen-bond donors (Lipinski definition) is 2. The SMILES string of the molecule is COc1c(Nc2nc(Cc3c(Cl)cccc3Cl)cc3cn[nH]c(=O)c23)ccc(N2CCN(C(=O)OC(C)(C)C)CC2)c1F. The number of nitrogens with one attached hydrogen (secondary N) is 2. The number of carbonyl (C=O) groups is 1. The zero-order valence-corrected chi connectivity index (χ0v) is 25.6. The molecule has 0 bridgehead atoms. The van der Waals surface area contributed by atoms with Crippen LogP contribution in [0.1, 0.15) is 32.0 Å². The summed E-state index contributed by atoms with van der Waals surface area (Å²) < 4.78 is 26.9. The van der Waals surface area contributed by atoms with Crippen LogP contribution in [-0.2, 0) is 11.2 Å². The maximum absolute atomic E-state index is 15.9. The monoisotopic (exact) mass is 628 g/mol. The zero-order chi connectivity index (χ0) is 30.9. The summed E-state index contributed by atoms with van der Waals surface area (Å²) in [5, 5.41) is 11.2. The second-order valence-corrected chi connectivity index (χ2v) is 11.9. The first-order valence-corrected chi connectivity index (χ1v) is 14.4. The lowest BCUT2D eigenvalue weighted by Crippen LogP contribution is -2.50. The van der Waals surface area contributed by atoms with Crippen molar-refractivity contribution >= 4 is 57.3 Å². The molecule has 4 aromatic rings. The number of aromatic amines is 1. The lowest BCUT2D eigenvalue weighted by atomic mass is 10.1. The van der Waals surface area contributed by atoms with E-state index in [-0.39, 0.29) is 29.1 Å². The van der Waals surface area contributed by atoms with E-state index >= 15 is 4.39 Å². The van der Waals surface area contributed by atoms with E-state index in [9.17, 15) is 9.59 Å². The van der Waals surface area contributed by atoms with Crippen LogP contribution in [0.4, 0.5) is 26.4 Å². The lowest BCUT2D eigenvalue weighted by molar-refractivity contribution is 0.0240. The molecule has 2 aromatic heterocycles. The van der Waals surface area contributed by atoms with Gasteiger partial charge in [-0.05, 0) is 56.7 Å². The van der Waals surface area contributed by atoms with Crippen LogP contribution < -0.4 is 20.5 Å². The fourth-order valence-electron chi connectivity index (χ4n) is 4.91. The number of halogens is 3. The number of anilines is 3. The fourth-order valence-corrected chi connectivity index (χ4v) is 5.44. The number of pyridine rings is 1. The Kier molecular flexibility index (Phi) is 8.66. The third kappa shape index (κ3) is 6.62. The van der Waals surface area contributed by atoms with Crippen LogP contribution in [-0.4, -0.2) is 65.1 Å². The van der Waals surface area contributed by atoms with Gasteiger partial charge in [-0.3, -0.25) is 4.79 Å². The Hall–Kier alpha value is -4.09. The Morgan fingerprint density at radius 3 is 2.47 bits per heavy atom. The van der Waals surface area contributed by atoms with Gasteiger partial charge in [-0.2, -0.15) is 5.10 Å². The summed E-state index contributed by atoms with van der Waals surface area (Å²) in [6.07, 6.45) is 1.41. The molecule has 0 unspecified atom stereocenters. The van der Waals surface area contributed by atoms with Gasteiger partial charge in [0.1, 0.15) is 11.4 Å². The Labute approximate surface area is 257 Å². The largest absolute Gasteiger partial charge is 0.492 e. The van der Waals surface area contributed by atoms with E-state index in [4.69, 9.17) is 32.7 Å². The van der Waals surface area contributed by atoms with Crippen molar-refractivity contribution < 1.29 is 18.7 Å². The van der Waals surface area contributed by atoms with Crippen LogP contribution in [0, 0.1) is 5.82 Å². The summed E-state index contributed by atoms with van der Waals surface area (Å²) >= 11 is 12.8. The molecule has 3 heterocycles. The highest BCUT2D eigenvalue weighted by Crippen LogP contribution is 2.37. The molecule has 1 amide bonds. The first-order chi connectivity index (χ1) is 20.4. The minimum atomic E-state index is -0.598. The van der Waals surface area contributed by atoms with Crippen molar-refractivity contribution in [3.05, 3.63) is 80.1 Å². The summed E-state index contributed by atoms with van der Waals surface area (Å²) in [5.74, 6) is -0.445. The number of H-pyrrole nitrogens is 1. The number of benzene rings is 2. The van der Waals surface area contributed by atoms with Crippen molar-refractivity contribution in [1.82, 2.24) is 20.1 Å². The molecule has 0 aliphatic carbocycles. The standard InChI is InChI=1S/C30H31Cl2FN6O4/c1-30(2,3)43-29(41)39-12-10-38(11-13-39)23-9-8-22(26(42-4)25(23)33)36-27-24-17(16-34-37-28(24)40)14-18(35-27)15-19-20(31)6-5-7-21(19)32/h5-9,14,16H,10-13,15H2,1-4H3,(H,35,36)(H,37,40). The maximum Gasteiger partial charge on any atom is 0.410 e. The molecule has 13 heteroatoms. The topological polar surface area (TPSA) is 113 Å². The van der Waals surface area contributed by atoms with E-state index < -0.39 is 23.1 Å². The first kappa shape index (κ1) is 30.4. The number of aromatic nitrogens is 3. The van der Waals surface area contributed by atoms with Gasteiger partial charge in [0, 0.05) is 53.7 Å². The normalized spacial score (nSPS) is 13.7. The molecule has 10 nitrogen and oxygen atoms in total. The minimum absolute atomic E-state index is 0.0490. The lowest BCUT2D eigenvalue weighted by Gasteiger charge is -2.37. The molecule has 2 aromatic carbocycles. The Balaban J connectivity index is 1.44. The third-order valence-corrected chi connectivity index (χ3v) is 7.63. The predicted octanol–water partition coefficient (Wildman–Crippen LogP) is 6.16. The Morgan fingerprint density at radius 2 is 1.81 bits per heavy atom. The van der Waals surface area contributed by atoms with Crippen molar-refractivity contribution in [1.29, 1.82) is 0 Å². The molecule has 5 rings (SSSR count). The average Bonchev–Trinajstić information content (AvgIpc) is 2.94. The van der Waals surface area contributed by atoms with Crippen LogP contribution in [0.15, 0.2) is 47.4 Å². The van der Waals surface area contributed by atoms with Gasteiger partial charge in [0.05, 0.1) is 30.1 Å². The Morgan fingerprint density at radius 1 is 1.12 bits per heavy atom. The quantitative estimate of drug-likeness (QED) is 0.261. The van der Waals surface area contributed by atoms with Crippen LogP contribution >= 0.6 is 23.2 Å². The molecule has 1 aliphatic heterocycles. The number of carbonyl (C=O) groups excluding carboxylic acids is 1. The van der Waals surface area contributed by atoms with Crippen LogP contribution in [0.5, 0.6) is 5.75 Å². The third-order valence-electron chi connectivity index (χ3n) is 6.93. The molecular formula is C30H31Cl2FN6O4. The van der Waals surface area contributed by atoms with Crippen molar-refractivity contribution in [3.63, 3.8) is 0 Å². The zero-order valence-electron chi connectivity index (χ0n) is 24.1. The van der Waals surface area contributed by atoms with Crippen molar-refractivity contribution in [2.75, 3.05) is 43.5 Å². The summed E-state index contributed by atoms with van der Waals surface area (Å²) in [4.78, 5) is 33.4. The molecule has 43 heavy (non-hydrogen) atoms. The molecule has 1 saturated heterocycles. The second-order valence-electron chi connectivity index (χ2n) is 11.1. The van der Waals surface area contributed by atoms with Crippen LogP contribution in [0.25, 0.3) is 10.8 Å². The number of nitrogens with zero attached hydrogens (tertiary/aromatic N) is 4. The highest BCUT2D eigenvalue weighted by atomic mass is 35.5. The highest BCUT2D eigenvalue weighted by molar-refractivity contribution is 6.36. The number of methoxy groups -OCH3 is 1. The van der Waals surface area contributed by atoms with E-state index in [1.54, 1.807) is 41.3 Å². The first-order valence-electron chi connectivity index (χ1n) is 13.6. The molecule has 0 spiro atoms. The molecule has 226 valence electrons. The van der Waals surface area contributed by atoms with Crippen molar-refractivity contribution in [3.8, 4) is 5.75 Å². The summed E-state index contributed by atoms with van der Waals surface area (Å²) in [7, 11) is 1.37. The fraction of sp³-hybridized carbons (Fsp3) is 0.333. The van der Waals surface area contributed by atoms with E-state index in [2.05, 4.69) is 20.5 Å². The summed E-state index contributed by atoms with van der Waals surface area (Å²) in [6.45, 7) is 7.02. The van der Waals surface area contributed by atoms with E-state index in [0.29, 0.717) is 58.6 Å². The average molecular weight is 630 g/mol. The van der Waals surface area contributed by atoms with Gasteiger partial charge in [-0.1, -0.05) is 29.3 Å². The van der Waals surface area contributed by atoms with Crippen LogP contribution in [0.2, 0.25) is 10.0 Å². The van der Waals surface area contributed by atoms with Crippen molar-refractivity contribution in [2.24, 2.45) is 0 Å². The van der Waals surface area contributed by atoms with Gasteiger partial charge in [-0.25, -0.2) is 19.3 Å². The molecule has 0 atom stereocenters. The summed E-state index contributed by atoms with van der Waals surface area (Å²) in [5.41, 5.74) is 0.785. The van der Waals surface area contributed by atoms with Gasteiger partial charge < -0.3 is 24.6 Å². The van der Waals surface area contributed by atoms with Gasteiger partial charge in [0.2, 0.25) is 0 Å². The molecule has 2 N–H and O–H groups in total. The van der Waals surface area contributed by atoms with Gasteiger partial charge in [0.25, 0.3) is 5.56 Å². The van der Waals surface area contributed by atoms with Gasteiger partial charge in [-0.15, -0.1) is 0 Å². The molecule has 0 radical (unpaired) electrons. The number of piperazine rings is 1. The second kappa shape index (κ2) is 12.3. The minimum Gasteiger partial charge on any atom is -0.492 e. The molecule has 1 fully saturated rings. The van der Waals surface area contributed by atoms with Gasteiger partial charge >= 0.3 is 6.09 Å². The molecule has 0 saturated carbocycles. The van der Waals surface area contributed by atoms with Crippen molar-refractivity contribution in [2.45, 2.75) is 32.8 Å². The van der Waals surface area contributed by atoms with Crippen LogP contribution in [0.3, 0.4) is 0 Å². The molecule has 1 aliphatic rings. The predicted molar refractivity (Wildman–Crippen MR) is 166 cm³/mol. The number of amides is 1. The van der Waals surface area contributed by atoms with E-state index in [1.165, 1.54) is 13.3 Å². The number of rotatable bonds is 6. The smallest absolute Gasteiger partial charge is 0.410 e. The maximum atomic E-state index is 15.9. The number of hydrogen-bond acceptors (Lipinski definition) is 8. The van der Waals surface area contributed by atoms with E-state index in [0.717, 1.165) is 0 Å².